The first-order valence-corrected chi connectivity index (χ1v) is 5.72. The second kappa shape index (κ2) is 5.07. The van der Waals surface area contributed by atoms with Gasteiger partial charge in [-0.1, -0.05) is 0 Å². The van der Waals surface area contributed by atoms with Crippen LogP contribution in [0.15, 0.2) is 28.9 Å². The van der Waals surface area contributed by atoms with Crippen molar-refractivity contribution in [2.75, 3.05) is 13.1 Å². The monoisotopic (exact) mass is 255 g/mol. The van der Waals surface area contributed by atoms with Crippen LogP contribution in [0.25, 0.3) is 11.0 Å². The summed E-state index contributed by atoms with van der Waals surface area (Å²) in [7, 11) is 0. The maximum atomic E-state index is 13.2. The molecule has 2 heterocycles. The number of furan rings is 1. The van der Waals surface area contributed by atoms with Gasteiger partial charge in [0, 0.05) is 10.9 Å². The first kappa shape index (κ1) is 12.4. The fraction of sp³-hybridized carbons (Fsp3) is 0.385. The maximum Gasteiger partial charge on any atom is 0.134 e. The van der Waals surface area contributed by atoms with Crippen molar-refractivity contribution in [3.63, 3.8) is 0 Å². The average molecular weight is 256 g/mol. The Morgan fingerprint density at radius 3 is 2.76 bits per heavy atom. The third-order valence-electron chi connectivity index (χ3n) is 3.34. The molecule has 3 rings (SSSR count). The Balaban J connectivity index is 0.00000108. The quantitative estimate of drug-likeness (QED) is 0.844. The van der Waals surface area contributed by atoms with E-state index in [0.717, 1.165) is 42.5 Å². The second-order valence-corrected chi connectivity index (χ2v) is 4.36. The summed E-state index contributed by atoms with van der Waals surface area (Å²) < 4.78 is 18.7. The second-order valence-electron chi connectivity index (χ2n) is 4.36. The third kappa shape index (κ3) is 2.31. The standard InChI is InChI=1S/C13H14FNO.ClH/c14-10-1-2-13-11(7-10)12(8-16-13)9-3-5-15-6-4-9;/h1-2,7-9,15H,3-6H2;1H. The maximum absolute atomic E-state index is 13.2. The number of benzene rings is 1. The number of halogens is 2. The van der Waals surface area contributed by atoms with Crippen LogP contribution in [0.1, 0.15) is 24.3 Å². The summed E-state index contributed by atoms with van der Waals surface area (Å²) >= 11 is 0. The number of nitrogens with one attached hydrogen (secondary N) is 1. The van der Waals surface area contributed by atoms with Crippen molar-refractivity contribution in [2.24, 2.45) is 0 Å². The van der Waals surface area contributed by atoms with Gasteiger partial charge in [-0.3, -0.25) is 0 Å². The lowest BCUT2D eigenvalue weighted by Crippen LogP contribution is -2.26. The van der Waals surface area contributed by atoms with Crippen LogP contribution in [0.3, 0.4) is 0 Å². The molecule has 1 aliphatic heterocycles. The van der Waals surface area contributed by atoms with Crippen molar-refractivity contribution in [3.8, 4) is 0 Å². The Labute approximate surface area is 106 Å². The molecule has 1 aromatic heterocycles. The Morgan fingerprint density at radius 1 is 1.24 bits per heavy atom. The summed E-state index contributed by atoms with van der Waals surface area (Å²) in [5.41, 5.74) is 1.95. The van der Waals surface area contributed by atoms with Crippen LogP contribution in [-0.2, 0) is 0 Å². The number of rotatable bonds is 1. The molecule has 0 saturated carbocycles. The number of piperidine rings is 1. The van der Waals surface area contributed by atoms with Gasteiger partial charge in [-0.15, -0.1) is 12.4 Å². The fourth-order valence-corrected chi connectivity index (χ4v) is 2.47. The smallest absolute Gasteiger partial charge is 0.134 e. The van der Waals surface area contributed by atoms with Crippen LogP contribution in [0.4, 0.5) is 4.39 Å². The van der Waals surface area contributed by atoms with Gasteiger partial charge in [0.15, 0.2) is 0 Å². The lowest BCUT2D eigenvalue weighted by Gasteiger charge is -2.21. The minimum absolute atomic E-state index is 0. The summed E-state index contributed by atoms with van der Waals surface area (Å²) in [5.74, 6) is 0.313. The van der Waals surface area contributed by atoms with Crippen LogP contribution >= 0.6 is 12.4 Å². The van der Waals surface area contributed by atoms with Crippen LogP contribution in [0, 0.1) is 5.82 Å². The van der Waals surface area contributed by atoms with Gasteiger partial charge in [0.05, 0.1) is 6.26 Å². The van der Waals surface area contributed by atoms with E-state index in [1.54, 1.807) is 18.4 Å². The molecular formula is C13H15ClFNO. The topological polar surface area (TPSA) is 25.2 Å². The molecule has 2 aromatic rings. The molecular weight excluding hydrogens is 241 g/mol. The molecule has 0 spiro atoms. The van der Waals surface area contributed by atoms with Gasteiger partial charge in [-0.2, -0.15) is 0 Å². The molecule has 1 N–H and O–H groups in total. The normalized spacial score (nSPS) is 17.0. The molecule has 0 unspecified atom stereocenters. The fourth-order valence-electron chi connectivity index (χ4n) is 2.47. The average Bonchev–Trinajstić information content (AvgIpc) is 2.73. The van der Waals surface area contributed by atoms with Crippen molar-refractivity contribution >= 4 is 23.4 Å². The van der Waals surface area contributed by atoms with Gasteiger partial charge >= 0.3 is 0 Å². The highest BCUT2D eigenvalue weighted by Crippen LogP contribution is 2.33. The van der Waals surface area contributed by atoms with Gasteiger partial charge < -0.3 is 9.73 Å². The van der Waals surface area contributed by atoms with Crippen LogP contribution in [0.2, 0.25) is 0 Å². The first-order chi connectivity index (χ1) is 7.84. The molecule has 1 saturated heterocycles. The summed E-state index contributed by atoms with van der Waals surface area (Å²) in [6.07, 6.45) is 4.00. The third-order valence-corrected chi connectivity index (χ3v) is 3.34. The molecule has 0 amide bonds. The number of hydrogen-bond donors (Lipinski definition) is 1. The highest BCUT2D eigenvalue weighted by molar-refractivity contribution is 5.85. The predicted octanol–water partition coefficient (Wildman–Crippen LogP) is 3.46. The minimum atomic E-state index is -0.191. The Kier molecular flexibility index (Phi) is 3.69. The molecule has 0 radical (unpaired) electrons. The van der Waals surface area contributed by atoms with E-state index >= 15 is 0 Å². The molecule has 2 nitrogen and oxygen atoms in total. The Hall–Kier alpha value is -1.06. The van der Waals surface area contributed by atoms with Crippen LogP contribution < -0.4 is 5.32 Å². The first-order valence-electron chi connectivity index (χ1n) is 5.72. The van der Waals surface area contributed by atoms with Gasteiger partial charge in [0.1, 0.15) is 11.4 Å². The van der Waals surface area contributed by atoms with Crippen LogP contribution in [-0.4, -0.2) is 13.1 Å². The lowest BCUT2D eigenvalue weighted by molar-refractivity contribution is 0.457. The van der Waals surface area contributed by atoms with E-state index in [4.69, 9.17) is 4.42 Å². The summed E-state index contributed by atoms with van der Waals surface area (Å²) in [4.78, 5) is 0. The molecule has 17 heavy (non-hydrogen) atoms. The van der Waals surface area contributed by atoms with E-state index in [2.05, 4.69) is 5.32 Å². The van der Waals surface area contributed by atoms with Crippen molar-refractivity contribution in [1.29, 1.82) is 0 Å². The molecule has 0 bridgehead atoms. The Bertz CT molecular complexity index is 505. The van der Waals surface area contributed by atoms with Gasteiger partial charge in [0.2, 0.25) is 0 Å². The van der Waals surface area contributed by atoms with E-state index < -0.39 is 0 Å². The van der Waals surface area contributed by atoms with E-state index in [-0.39, 0.29) is 18.2 Å². The summed E-state index contributed by atoms with van der Waals surface area (Å²) in [6, 6.07) is 4.73. The zero-order valence-corrected chi connectivity index (χ0v) is 10.2. The molecule has 1 aliphatic rings. The van der Waals surface area contributed by atoms with E-state index in [9.17, 15) is 4.39 Å². The molecule has 1 fully saturated rings. The molecule has 1 aromatic carbocycles. The summed E-state index contributed by atoms with van der Waals surface area (Å²) in [5, 5.41) is 4.27. The van der Waals surface area contributed by atoms with Crippen molar-refractivity contribution in [3.05, 3.63) is 35.8 Å². The zero-order chi connectivity index (χ0) is 11.0. The minimum Gasteiger partial charge on any atom is -0.464 e. The highest BCUT2D eigenvalue weighted by atomic mass is 35.5. The van der Waals surface area contributed by atoms with Crippen LogP contribution in [0.5, 0.6) is 0 Å². The lowest BCUT2D eigenvalue weighted by atomic mass is 9.90. The van der Waals surface area contributed by atoms with E-state index in [0.29, 0.717) is 5.92 Å². The van der Waals surface area contributed by atoms with Crippen molar-refractivity contribution in [2.45, 2.75) is 18.8 Å². The highest BCUT2D eigenvalue weighted by Gasteiger charge is 2.19. The predicted molar refractivity (Wildman–Crippen MR) is 68.3 cm³/mol. The Morgan fingerprint density at radius 2 is 2.00 bits per heavy atom. The zero-order valence-electron chi connectivity index (χ0n) is 9.41. The van der Waals surface area contributed by atoms with Gasteiger partial charge in [0.25, 0.3) is 0 Å². The largest absolute Gasteiger partial charge is 0.464 e. The number of fused-ring (bicyclic) bond motifs is 1. The summed E-state index contributed by atoms with van der Waals surface area (Å²) in [6.45, 7) is 2.07. The molecule has 0 aliphatic carbocycles. The molecule has 92 valence electrons. The number of hydrogen-bond acceptors (Lipinski definition) is 2. The molecule has 4 heteroatoms. The van der Waals surface area contributed by atoms with Crippen molar-refractivity contribution in [1.82, 2.24) is 5.32 Å². The molecule has 0 atom stereocenters. The SMILES string of the molecule is Cl.Fc1ccc2occ(C3CCNCC3)c2c1. The van der Waals surface area contributed by atoms with E-state index in [1.807, 2.05) is 0 Å². The van der Waals surface area contributed by atoms with Gasteiger partial charge in [-0.25, -0.2) is 4.39 Å². The van der Waals surface area contributed by atoms with Gasteiger partial charge in [-0.05, 0) is 50.0 Å². The van der Waals surface area contributed by atoms with Crippen molar-refractivity contribution < 1.29 is 8.81 Å². The van der Waals surface area contributed by atoms with E-state index in [1.165, 1.54) is 6.07 Å².